The summed E-state index contributed by atoms with van der Waals surface area (Å²) in [6, 6.07) is 3.25. The molecular weight excluding hydrogens is 314 g/mol. The fraction of sp³-hybridized carbons (Fsp3) is 0.538. The van der Waals surface area contributed by atoms with E-state index in [1.165, 1.54) is 0 Å². The van der Waals surface area contributed by atoms with Crippen LogP contribution in [0.15, 0.2) is 21.2 Å². The van der Waals surface area contributed by atoms with Gasteiger partial charge in [0.25, 0.3) is 5.91 Å². The first-order valence-corrected chi connectivity index (χ1v) is 6.85. The fourth-order valence-corrected chi connectivity index (χ4v) is 1.91. The monoisotopic (exact) mass is 331 g/mol. The third-order valence-electron chi connectivity index (χ3n) is 2.90. The molecule has 0 saturated carbocycles. The Labute approximate surface area is 120 Å². The number of aliphatic carboxylic acids is 1. The first kappa shape index (κ1) is 15.8. The molecule has 2 N–H and O–H groups in total. The third-order valence-corrected chi connectivity index (χ3v) is 3.33. The van der Waals surface area contributed by atoms with E-state index in [9.17, 15) is 9.59 Å². The first-order valence-electron chi connectivity index (χ1n) is 6.05. The number of hydrogen-bond acceptors (Lipinski definition) is 3. The number of amides is 1. The smallest absolute Gasteiger partial charge is 0.303 e. The zero-order chi connectivity index (χ0) is 14.5. The maximum absolute atomic E-state index is 11.7. The van der Waals surface area contributed by atoms with E-state index in [2.05, 4.69) is 21.2 Å². The number of hydrogen-bond donors (Lipinski definition) is 2. The third kappa shape index (κ3) is 5.92. The fourth-order valence-electron chi connectivity index (χ4n) is 1.61. The average Bonchev–Trinajstić information content (AvgIpc) is 2.73. The number of nitrogens with one attached hydrogen (secondary N) is 1. The quantitative estimate of drug-likeness (QED) is 0.804. The second kappa shape index (κ2) is 6.75. The molecule has 0 aliphatic rings. The van der Waals surface area contributed by atoms with E-state index < -0.39 is 5.97 Å². The predicted molar refractivity (Wildman–Crippen MR) is 74.0 cm³/mol. The van der Waals surface area contributed by atoms with Gasteiger partial charge in [-0.3, -0.25) is 9.59 Å². The summed E-state index contributed by atoms with van der Waals surface area (Å²) in [4.78, 5) is 22.2. The molecule has 0 unspecified atom stereocenters. The SMILES string of the molecule is CC(C)(CCNC(=O)c1ccc(Br)o1)CCC(=O)O. The molecule has 0 aliphatic heterocycles. The summed E-state index contributed by atoms with van der Waals surface area (Å²) >= 11 is 3.13. The van der Waals surface area contributed by atoms with Gasteiger partial charge in [-0.2, -0.15) is 0 Å². The van der Waals surface area contributed by atoms with Crippen LogP contribution in [0.25, 0.3) is 0 Å². The molecule has 0 bridgehead atoms. The summed E-state index contributed by atoms with van der Waals surface area (Å²) in [6.45, 7) is 4.47. The second-order valence-corrected chi connectivity index (χ2v) is 5.95. The lowest BCUT2D eigenvalue weighted by Gasteiger charge is -2.23. The van der Waals surface area contributed by atoms with Crippen molar-refractivity contribution < 1.29 is 19.1 Å². The van der Waals surface area contributed by atoms with Crippen LogP contribution in [-0.2, 0) is 4.79 Å². The van der Waals surface area contributed by atoms with Crippen LogP contribution in [0.5, 0.6) is 0 Å². The summed E-state index contributed by atoms with van der Waals surface area (Å²) in [7, 11) is 0. The van der Waals surface area contributed by atoms with Crippen LogP contribution in [-0.4, -0.2) is 23.5 Å². The molecule has 19 heavy (non-hydrogen) atoms. The van der Waals surface area contributed by atoms with Crippen molar-refractivity contribution in [2.45, 2.75) is 33.1 Å². The van der Waals surface area contributed by atoms with Gasteiger partial charge in [0.1, 0.15) is 0 Å². The Hall–Kier alpha value is -1.30. The highest BCUT2D eigenvalue weighted by atomic mass is 79.9. The van der Waals surface area contributed by atoms with Crippen molar-refractivity contribution in [2.24, 2.45) is 5.41 Å². The van der Waals surface area contributed by atoms with E-state index >= 15 is 0 Å². The van der Waals surface area contributed by atoms with Gasteiger partial charge >= 0.3 is 5.97 Å². The number of furan rings is 1. The molecule has 0 aliphatic carbocycles. The van der Waals surface area contributed by atoms with Crippen molar-refractivity contribution in [1.29, 1.82) is 0 Å². The Morgan fingerprint density at radius 3 is 2.58 bits per heavy atom. The van der Waals surface area contributed by atoms with E-state index in [1.807, 2.05) is 13.8 Å². The largest absolute Gasteiger partial charge is 0.481 e. The minimum Gasteiger partial charge on any atom is -0.481 e. The first-order chi connectivity index (χ1) is 8.80. The van der Waals surface area contributed by atoms with Crippen LogP contribution in [0, 0.1) is 5.41 Å². The second-order valence-electron chi connectivity index (χ2n) is 5.17. The number of carbonyl (C=O) groups is 2. The lowest BCUT2D eigenvalue weighted by Crippen LogP contribution is -2.28. The van der Waals surface area contributed by atoms with Crippen molar-refractivity contribution in [3.05, 3.63) is 22.6 Å². The van der Waals surface area contributed by atoms with Crippen molar-refractivity contribution in [1.82, 2.24) is 5.32 Å². The van der Waals surface area contributed by atoms with Crippen molar-refractivity contribution in [3.63, 3.8) is 0 Å². The van der Waals surface area contributed by atoms with Gasteiger partial charge in [0.2, 0.25) is 0 Å². The molecular formula is C13H18BrNO4. The molecule has 1 aromatic heterocycles. The van der Waals surface area contributed by atoms with E-state index in [4.69, 9.17) is 9.52 Å². The zero-order valence-electron chi connectivity index (χ0n) is 11.0. The van der Waals surface area contributed by atoms with E-state index in [-0.39, 0.29) is 23.5 Å². The topological polar surface area (TPSA) is 79.5 Å². The maximum atomic E-state index is 11.7. The summed E-state index contributed by atoms with van der Waals surface area (Å²) in [5.74, 6) is -0.799. The average molecular weight is 332 g/mol. The molecule has 1 aromatic rings. The Balaban J connectivity index is 2.33. The molecule has 0 atom stereocenters. The van der Waals surface area contributed by atoms with Crippen LogP contribution < -0.4 is 5.32 Å². The maximum Gasteiger partial charge on any atom is 0.303 e. The molecule has 0 radical (unpaired) electrons. The van der Waals surface area contributed by atoms with Gasteiger partial charge in [0.15, 0.2) is 10.4 Å². The van der Waals surface area contributed by atoms with Gasteiger partial charge in [0, 0.05) is 13.0 Å². The van der Waals surface area contributed by atoms with Gasteiger partial charge < -0.3 is 14.8 Å². The Morgan fingerprint density at radius 1 is 1.37 bits per heavy atom. The van der Waals surface area contributed by atoms with Gasteiger partial charge in [-0.05, 0) is 46.3 Å². The Bertz CT molecular complexity index is 453. The van der Waals surface area contributed by atoms with E-state index in [0.717, 1.165) is 0 Å². The number of carbonyl (C=O) groups excluding carboxylic acids is 1. The van der Waals surface area contributed by atoms with Crippen LogP contribution >= 0.6 is 15.9 Å². The predicted octanol–water partition coefficient (Wildman–Crippen LogP) is 3.05. The van der Waals surface area contributed by atoms with Gasteiger partial charge in [-0.15, -0.1) is 0 Å². The Morgan fingerprint density at radius 2 is 2.05 bits per heavy atom. The van der Waals surface area contributed by atoms with Crippen LogP contribution in [0.2, 0.25) is 0 Å². The lowest BCUT2D eigenvalue weighted by molar-refractivity contribution is -0.137. The van der Waals surface area contributed by atoms with Crippen molar-refractivity contribution in [2.75, 3.05) is 6.54 Å². The van der Waals surface area contributed by atoms with E-state index in [1.54, 1.807) is 12.1 Å². The zero-order valence-corrected chi connectivity index (χ0v) is 12.6. The van der Waals surface area contributed by atoms with Crippen LogP contribution in [0.4, 0.5) is 0 Å². The van der Waals surface area contributed by atoms with Crippen molar-refractivity contribution >= 4 is 27.8 Å². The molecule has 1 heterocycles. The summed E-state index contributed by atoms with van der Waals surface area (Å²) in [6.07, 6.45) is 1.45. The molecule has 1 rings (SSSR count). The van der Waals surface area contributed by atoms with Gasteiger partial charge in [-0.1, -0.05) is 13.8 Å². The number of halogens is 1. The van der Waals surface area contributed by atoms with Crippen LogP contribution in [0.3, 0.4) is 0 Å². The molecule has 5 nitrogen and oxygen atoms in total. The summed E-state index contributed by atoms with van der Waals surface area (Å²) in [5, 5.41) is 11.4. The highest BCUT2D eigenvalue weighted by molar-refractivity contribution is 9.10. The number of rotatable bonds is 7. The minimum atomic E-state index is -0.794. The lowest BCUT2D eigenvalue weighted by atomic mass is 9.84. The van der Waals surface area contributed by atoms with Crippen molar-refractivity contribution in [3.8, 4) is 0 Å². The normalized spacial score (nSPS) is 11.3. The highest BCUT2D eigenvalue weighted by Gasteiger charge is 2.19. The molecule has 0 spiro atoms. The highest BCUT2D eigenvalue weighted by Crippen LogP contribution is 2.26. The van der Waals surface area contributed by atoms with Crippen LogP contribution in [0.1, 0.15) is 43.7 Å². The minimum absolute atomic E-state index is 0.116. The summed E-state index contributed by atoms with van der Waals surface area (Å²) in [5.41, 5.74) is -0.116. The molecule has 0 fully saturated rings. The Kier molecular flexibility index (Phi) is 5.60. The van der Waals surface area contributed by atoms with Gasteiger partial charge in [0.05, 0.1) is 0 Å². The molecule has 1 amide bonds. The number of carboxylic acid groups (broad SMARTS) is 1. The molecule has 6 heteroatoms. The van der Waals surface area contributed by atoms with Gasteiger partial charge in [-0.25, -0.2) is 0 Å². The molecule has 0 saturated heterocycles. The standard InChI is InChI=1S/C13H18BrNO4/c1-13(2,6-5-11(16)17)7-8-15-12(18)9-3-4-10(14)19-9/h3-4H,5-8H2,1-2H3,(H,15,18)(H,16,17). The molecule has 0 aromatic carbocycles. The summed E-state index contributed by atoms with van der Waals surface area (Å²) < 4.78 is 5.65. The number of carboxylic acids is 1. The van der Waals surface area contributed by atoms with E-state index in [0.29, 0.717) is 24.1 Å². The molecule has 106 valence electrons.